The van der Waals surface area contributed by atoms with Crippen LogP contribution >= 0.6 is 27.5 Å². The van der Waals surface area contributed by atoms with Gasteiger partial charge in [0.05, 0.1) is 10.6 Å². The van der Waals surface area contributed by atoms with Gasteiger partial charge in [-0.25, -0.2) is 0 Å². The van der Waals surface area contributed by atoms with Gasteiger partial charge in [0.25, 0.3) is 11.8 Å². The van der Waals surface area contributed by atoms with E-state index >= 15 is 0 Å². The van der Waals surface area contributed by atoms with Gasteiger partial charge in [0.2, 0.25) is 0 Å². The van der Waals surface area contributed by atoms with Crippen molar-refractivity contribution in [1.82, 2.24) is 10.9 Å². The maximum atomic E-state index is 12.1. The monoisotopic (exact) mass is 458 g/mol. The molecule has 142 valence electrons. The van der Waals surface area contributed by atoms with Gasteiger partial charge in [-0.2, -0.15) is 0 Å². The number of hydrazine groups is 1. The summed E-state index contributed by atoms with van der Waals surface area (Å²) in [6.45, 7) is -0.252. The number of benzene rings is 3. The number of amides is 2. The average Bonchev–Trinajstić information content (AvgIpc) is 2.71. The molecule has 0 saturated carbocycles. The lowest BCUT2D eigenvalue weighted by atomic mass is 10.1. The first-order chi connectivity index (χ1) is 13.5. The van der Waals surface area contributed by atoms with E-state index in [0.717, 1.165) is 15.6 Å². The number of nitrogens with one attached hydrogen (secondary N) is 2. The lowest BCUT2D eigenvalue weighted by Crippen LogP contribution is -2.43. The van der Waals surface area contributed by atoms with Gasteiger partial charge in [0.15, 0.2) is 6.61 Å². The van der Waals surface area contributed by atoms with Crippen LogP contribution in [-0.4, -0.2) is 18.4 Å². The van der Waals surface area contributed by atoms with Crippen LogP contribution in [0, 0.1) is 0 Å². The molecule has 7 heteroatoms. The molecule has 0 unspecified atom stereocenters. The number of hydrogen-bond acceptors (Lipinski definition) is 3. The maximum Gasteiger partial charge on any atom is 0.276 e. The molecule has 0 aromatic heterocycles. The molecule has 0 aliphatic rings. The number of carbonyl (C=O) groups excluding carboxylic acids is 2. The third-order valence-electron chi connectivity index (χ3n) is 3.82. The first-order valence-electron chi connectivity index (χ1n) is 8.36. The molecule has 3 aromatic carbocycles. The van der Waals surface area contributed by atoms with Crippen LogP contribution in [0.4, 0.5) is 0 Å². The minimum Gasteiger partial charge on any atom is -0.483 e. The van der Waals surface area contributed by atoms with Gasteiger partial charge in [0, 0.05) is 10.0 Å². The standard InChI is InChI=1S/C21H16BrClN2O3/c22-15-10-11-17(18(23)12-15)21(27)25-24-20(26)13-28-19-9-5-4-8-16(19)14-6-2-1-3-7-14/h1-12H,13H2,(H,24,26)(H,25,27). The number of para-hydroxylation sites is 1. The molecule has 0 aliphatic heterocycles. The normalized spacial score (nSPS) is 10.2. The highest BCUT2D eigenvalue weighted by Gasteiger charge is 2.12. The number of halogens is 2. The molecular formula is C21H16BrClN2O3. The van der Waals surface area contributed by atoms with Crippen molar-refractivity contribution in [1.29, 1.82) is 0 Å². The van der Waals surface area contributed by atoms with Crippen molar-refractivity contribution in [2.45, 2.75) is 0 Å². The van der Waals surface area contributed by atoms with Crippen LogP contribution in [0.1, 0.15) is 10.4 Å². The SMILES string of the molecule is O=C(COc1ccccc1-c1ccccc1)NNC(=O)c1ccc(Br)cc1Cl. The zero-order chi connectivity index (χ0) is 19.9. The molecular weight excluding hydrogens is 444 g/mol. The quantitative estimate of drug-likeness (QED) is 0.548. The summed E-state index contributed by atoms with van der Waals surface area (Å²) in [7, 11) is 0. The van der Waals surface area contributed by atoms with Crippen molar-refractivity contribution < 1.29 is 14.3 Å². The summed E-state index contributed by atoms with van der Waals surface area (Å²) >= 11 is 9.30. The second-order valence-corrected chi connectivity index (χ2v) is 7.10. The van der Waals surface area contributed by atoms with Crippen LogP contribution in [0.5, 0.6) is 5.75 Å². The van der Waals surface area contributed by atoms with Gasteiger partial charge in [-0.15, -0.1) is 0 Å². The highest BCUT2D eigenvalue weighted by molar-refractivity contribution is 9.10. The second-order valence-electron chi connectivity index (χ2n) is 5.78. The summed E-state index contributed by atoms with van der Waals surface area (Å²) < 4.78 is 6.39. The summed E-state index contributed by atoms with van der Waals surface area (Å²) in [4.78, 5) is 24.2. The third kappa shape index (κ3) is 5.12. The Labute approximate surface area is 175 Å². The van der Waals surface area contributed by atoms with Crippen molar-refractivity contribution >= 4 is 39.3 Å². The van der Waals surface area contributed by atoms with Gasteiger partial charge in [0.1, 0.15) is 5.75 Å². The number of hydrogen-bond donors (Lipinski definition) is 2. The van der Waals surface area contributed by atoms with Crippen molar-refractivity contribution in [3.63, 3.8) is 0 Å². The Morgan fingerprint density at radius 1 is 0.929 bits per heavy atom. The lowest BCUT2D eigenvalue weighted by molar-refractivity contribution is -0.123. The van der Waals surface area contributed by atoms with Gasteiger partial charge < -0.3 is 4.74 Å². The average molecular weight is 460 g/mol. The Kier molecular flexibility index (Phi) is 6.68. The van der Waals surface area contributed by atoms with Gasteiger partial charge >= 0.3 is 0 Å². The molecule has 28 heavy (non-hydrogen) atoms. The van der Waals surface area contributed by atoms with Gasteiger partial charge in [-0.1, -0.05) is 76.1 Å². The predicted octanol–water partition coefficient (Wildman–Crippen LogP) is 4.61. The molecule has 3 aromatic rings. The van der Waals surface area contributed by atoms with Crippen LogP contribution in [0.15, 0.2) is 77.3 Å². The highest BCUT2D eigenvalue weighted by atomic mass is 79.9. The van der Waals surface area contributed by atoms with E-state index in [1.807, 2.05) is 48.5 Å². The molecule has 5 nitrogen and oxygen atoms in total. The fraction of sp³-hybridized carbons (Fsp3) is 0.0476. The van der Waals surface area contributed by atoms with Crippen LogP contribution < -0.4 is 15.6 Å². The molecule has 0 spiro atoms. The zero-order valence-corrected chi connectivity index (χ0v) is 17.0. The van der Waals surface area contributed by atoms with E-state index in [-0.39, 0.29) is 17.2 Å². The molecule has 0 fully saturated rings. The summed E-state index contributed by atoms with van der Waals surface area (Å²) in [5, 5.41) is 0.272. The lowest BCUT2D eigenvalue weighted by Gasteiger charge is -2.12. The molecule has 0 heterocycles. The molecule has 2 amide bonds. The Bertz CT molecular complexity index is 996. The molecule has 2 N–H and O–H groups in total. The fourth-order valence-electron chi connectivity index (χ4n) is 2.50. The van der Waals surface area contributed by atoms with E-state index in [1.165, 1.54) is 0 Å². The van der Waals surface area contributed by atoms with E-state index in [4.69, 9.17) is 16.3 Å². The van der Waals surface area contributed by atoms with Crippen molar-refractivity contribution in [2.24, 2.45) is 0 Å². The summed E-state index contributed by atoms with van der Waals surface area (Å²) in [5.74, 6) is -0.439. The largest absolute Gasteiger partial charge is 0.483 e. The third-order valence-corrected chi connectivity index (χ3v) is 4.63. The second kappa shape index (κ2) is 9.39. The van der Waals surface area contributed by atoms with E-state index in [9.17, 15) is 9.59 Å². The number of carbonyl (C=O) groups is 2. The number of rotatable bonds is 5. The molecule has 0 atom stereocenters. The van der Waals surface area contributed by atoms with E-state index in [0.29, 0.717) is 5.75 Å². The number of ether oxygens (including phenoxy) is 1. The molecule has 0 aliphatic carbocycles. The zero-order valence-electron chi connectivity index (χ0n) is 14.6. The van der Waals surface area contributed by atoms with E-state index < -0.39 is 11.8 Å². The maximum absolute atomic E-state index is 12.1. The van der Waals surface area contributed by atoms with Crippen LogP contribution in [0.2, 0.25) is 5.02 Å². The van der Waals surface area contributed by atoms with Crippen LogP contribution in [0.25, 0.3) is 11.1 Å². The predicted molar refractivity (Wildman–Crippen MR) is 112 cm³/mol. The first kappa shape index (κ1) is 19.9. The molecule has 0 bridgehead atoms. The summed E-state index contributed by atoms with van der Waals surface area (Å²) in [6.07, 6.45) is 0. The fourth-order valence-corrected chi connectivity index (χ4v) is 3.25. The van der Waals surface area contributed by atoms with E-state index in [1.54, 1.807) is 24.3 Å². The van der Waals surface area contributed by atoms with Crippen molar-refractivity contribution in [2.75, 3.05) is 6.61 Å². The van der Waals surface area contributed by atoms with Crippen LogP contribution in [-0.2, 0) is 4.79 Å². The molecule has 3 rings (SSSR count). The Morgan fingerprint density at radius 2 is 1.64 bits per heavy atom. The Balaban J connectivity index is 1.57. The van der Waals surface area contributed by atoms with Gasteiger partial charge in [-0.3, -0.25) is 20.4 Å². The summed E-state index contributed by atoms with van der Waals surface area (Å²) in [6, 6.07) is 22.0. The highest BCUT2D eigenvalue weighted by Crippen LogP contribution is 2.29. The van der Waals surface area contributed by atoms with Gasteiger partial charge in [-0.05, 0) is 29.8 Å². The molecule has 0 radical (unpaired) electrons. The smallest absolute Gasteiger partial charge is 0.276 e. The van der Waals surface area contributed by atoms with E-state index in [2.05, 4.69) is 26.8 Å². The Hall–Kier alpha value is -2.83. The minimum absolute atomic E-state index is 0.250. The topological polar surface area (TPSA) is 67.4 Å². The van der Waals surface area contributed by atoms with Crippen LogP contribution in [0.3, 0.4) is 0 Å². The Morgan fingerprint density at radius 3 is 2.39 bits per heavy atom. The van der Waals surface area contributed by atoms with Crippen molar-refractivity contribution in [3.8, 4) is 16.9 Å². The minimum atomic E-state index is -0.518. The first-order valence-corrected chi connectivity index (χ1v) is 9.53. The molecule has 0 saturated heterocycles. The van der Waals surface area contributed by atoms with Crippen molar-refractivity contribution in [3.05, 3.63) is 87.9 Å². The summed E-state index contributed by atoms with van der Waals surface area (Å²) in [5.41, 5.74) is 6.75.